The van der Waals surface area contributed by atoms with Gasteiger partial charge in [-0.2, -0.15) is 0 Å². The van der Waals surface area contributed by atoms with E-state index < -0.39 is 6.10 Å². The lowest BCUT2D eigenvalue weighted by Gasteiger charge is -2.41. The highest BCUT2D eigenvalue weighted by Crippen LogP contribution is 2.52. The number of pyridine rings is 1. The first-order chi connectivity index (χ1) is 15.5. The lowest BCUT2D eigenvalue weighted by atomic mass is 10.00. The van der Waals surface area contributed by atoms with E-state index in [0.717, 1.165) is 56.1 Å². The Hall–Kier alpha value is -3.13. The summed E-state index contributed by atoms with van der Waals surface area (Å²) in [6, 6.07) is 10.00. The normalized spacial score (nSPS) is 21.9. The molecule has 2 amide bonds. The summed E-state index contributed by atoms with van der Waals surface area (Å²) in [4.78, 5) is 33.1. The van der Waals surface area contributed by atoms with Crippen LogP contribution in [0.1, 0.15) is 42.2 Å². The van der Waals surface area contributed by atoms with Crippen LogP contribution in [0.5, 0.6) is 5.75 Å². The van der Waals surface area contributed by atoms with Crippen LogP contribution >= 0.6 is 0 Å². The molecule has 2 fully saturated rings. The Morgan fingerprint density at radius 3 is 2.62 bits per heavy atom. The van der Waals surface area contributed by atoms with E-state index in [1.807, 2.05) is 19.1 Å². The molecular formula is C24H29N5O3. The molecule has 8 heteroatoms. The van der Waals surface area contributed by atoms with E-state index in [1.54, 1.807) is 19.3 Å². The second-order valence-electron chi connectivity index (χ2n) is 8.70. The number of hydrogen-bond acceptors (Lipinski definition) is 6. The predicted octanol–water partition coefficient (Wildman–Crippen LogP) is 2.36. The number of benzene rings is 1. The van der Waals surface area contributed by atoms with Gasteiger partial charge in [-0.25, -0.2) is 4.98 Å². The Kier molecular flexibility index (Phi) is 5.25. The van der Waals surface area contributed by atoms with Crippen molar-refractivity contribution >= 4 is 23.2 Å². The van der Waals surface area contributed by atoms with Gasteiger partial charge in [-0.3, -0.25) is 14.5 Å². The molecule has 0 bridgehead atoms. The number of piperazine rings is 1. The summed E-state index contributed by atoms with van der Waals surface area (Å²) in [5.41, 5.74) is 3.56. The third-order valence-corrected chi connectivity index (χ3v) is 6.89. The van der Waals surface area contributed by atoms with E-state index >= 15 is 0 Å². The van der Waals surface area contributed by atoms with Gasteiger partial charge in [0, 0.05) is 38.8 Å². The Bertz CT molecular complexity index is 1030. The van der Waals surface area contributed by atoms with Crippen LogP contribution in [0.25, 0.3) is 0 Å². The lowest BCUT2D eigenvalue weighted by molar-refractivity contribution is -0.123. The predicted molar refractivity (Wildman–Crippen MR) is 122 cm³/mol. The molecule has 8 nitrogen and oxygen atoms in total. The largest absolute Gasteiger partial charge is 0.478 e. The Morgan fingerprint density at radius 2 is 2.00 bits per heavy atom. The third-order valence-electron chi connectivity index (χ3n) is 6.89. The fraction of sp³-hybridized carbons (Fsp3) is 0.458. The van der Waals surface area contributed by atoms with Gasteiger partial charge in [-0.05, 0) is 49.1 Å². The van der Waals surface area contributed by atoms with Crippen LogP contribution in [0.3, 0.4) is 0 Å². The quantitative estimate of drug-likeness (QED) is 0.750. The number of aromatic nitrogens is 1. The number of nitrogens with zero attached hydrogens (tertiary/aromatic N) is 3. The molecule has 168 valence electrons. The molecule has 2 aliphatic heterocycles. The number of carbonyl (C=O) groups excluding carboxylic acids is 2. The van der Waals surface area contributed by atoms with Gasteiger partial charge >= 0.3 is 0 Å². The van der Waals surface area contributed by atoms with Crippen molar-refractivity contribution in [1.82, 2.24) is 15.2 Å². The molecule has 1 aliphatic carbocycles. The van der Waals surface area contributed by atoms with Crippen molar-refractivity contribution in [1.29, 1.82) is 0 Å². The first-order valence-corrected chi connectivity index (χ1v) is 11.3. The van der Waals surface area contributed by atoms with Crippen molar-refractivity contribution < 1.29 is 14.3 Å². The van der Waals surface area contributed by atoms with Crippen molar-refractivity contribution in [2.24, 2.45) is 0 Å². The van der Waals surface area contributed by atoms with E-state index in [2.05, 4.69) is 37.6 Å². The summed E-state index contributed by atoms with van der Waals surface area (Å²) < 4.78 is 5.86. The summed E-state index contributed by atoms with van der Waals surface area (Å²) in [5, 5.41) is 5.62. The van der Waals surface area contributed by atoms with Gasteiger partial charge < -0.3 is 20.3 Å². The summed E-state index contributed by atoms with van der Waals surface area (Å²) in [6.45, 7) is 5.68. The second-order valence-corrected chi connectivity index (χ2v) is 8.70. The molecule has 1 unspecified atom stereocenters. The average Bonchev–Trinajstić information content (AvgIpc) is 3.65. The molecule has 0 radical (unpaired) electrons. The molecule has 3 aliphatic rings. The van der Waals surface area contributed by atoms with Crippen LogP contribution in [-0.2, 0) is 10.3 Å². The first kappa shape index (κ1) is 20.8. The smallest absolute Gasteiger partial charge is 0.269 e. The Morgan fingerprint density at radius 1 is 1.22 bits per heavy atom. The van der Waals surface area contributed by atoms with Crippen LogP contribution in [0.4, 0.5) is 11.4 Å². The SMILES string of the molecule is CCC1Oc2ccc(C3(N4CCN(c5ccc(C(=O)NC)nc5)CC4)CC3)cc2NC1=O. The number of fused-ring (bicyclic) bond motifs is 1. The molecular weight excluding hydrogens is 406 g/mol. The van der Waals surface area contributed by atoms with E-state index in [-0.39, 0.29) is 17.4 Å². The monoisotopic (exact) mass is 435 g/mol. The molecule has 3 heterocycles. The molecule has 0 spiro atoms. The van der Waals surface area contributed by atoms with Crippen molar-refractivity contribution in [3.05, 3.63) is 47.8 Å². The van der Waals surface area contributed by atoms with E-state index in [9.17, 15) is 9.59 Å². The zero-order valence-electron chi connectivity index (χ0n) is 18.6. The number of ether oxygens (including phenoxy) is 1. The summed E-state index contributed by atoms with van der Waals surface area (Å²) >= 11 is 0. The molecule has 2 N–H and O–H groups in total. The molecule has 1 aromatic heterocycles. The van der Waals surface area contributed by atoms with Crippen molar-refractivity contribution in [2.45, 2.75) is 37.8 Å². The van der Waals surface area contributed by atoms with E-state index in [0.29, 0.717) is 12.1 Å². The second kappa shape index (κ2) is 8.09. The molecule has 32 heavy (non-hydrogen) atoms. The van der Waals surface area contributed by atoms with Gasteiger partial charge in [0.25, 0.3) is 11.8 Å². The van der Waals surface area contributed by atoms with Gasteiger partial charge in [0.1, 0.15) is 11.4 Å². The first-order valence-electron chi connectivity index (χ1n) is 11.3. The highest BCUT2D eigenvalue weighted by atomic mass is 16.5. The zero-order chi connectivity index (χ0) is 22.3. The highest BCUT2D eigenvalue weighted by Gasteiger charge is 2.50. The van der Waals surface area contributed by atoms with Crippen LogP contribution < -0.4 is 20.3 Å². The maximum Gasteiger partial charge on any atom is 0.269 e. The average molecular weight is 436 g/mol. The zero-order valence-corrected chi connectivity index (χ0v) is 18.6. The van der Waals surface area contributed by atoms with Crippen molar-refractivity contribution in [2.75, 3.05) is 43.4 Å². The van der Waals surface area contributed by atoms with Gasteiger partial charge in [0.05, 0.1) is 17.6 Å². The molecule has 1 saturated heterocycles. The lowest BCUT2D eigenvalue weighted by Crippen LogP contribution is -2.50. The minimum Gasteiger partial charge on any atom is -0.478 e. The molecule has 1 atom stereocenters. The number of hydrogen-bond donors (Lipinski definition) is 2. The number of anilines is 2. The molecule has 1 aromatic carbocycles. The Labute approximate surface area is 187 Å². The third kappa shape index (κ3) is 3.58. The summed E-state index contributed by atoms with van der Waals surface area (Å²) in [6.07, 6.45) is 4.28. The van der Waals surface area contributed by atoms with Gasteiger partial charge in [-0.1, -0.05) is 13.0 Å². The molecule has 2 aromatic rings. The number of nitrogens with one attached hydrogen (secondary N) is 2. The number of amides is 2. The van der Waals surface area contributed by atoms with Crippen molar-refractivity contribution in [3.63, 3.8) is 0 Å². The van der Waals surface area contributed by atoms with Gasteiger partial charge in [0.15, 0.2) is 6.10 Å². The van der Waals surface area contributed by atoms with Crippen LogP contribution in [0, 0.1) is 0 Å². The summed E-state index contributed by atoms with van der Waals surface area (Å²) in [5.74, 6) is 0.522. The maximum atomic E-state index is 12.2. The van der Waals surface area contributed by atoms with E-state index in [4.69, 9.17) is 4.74 Å². The molecule has 1 saturated carbocycles. The standard InChI is InChI=1S/C24H29N5O3/c1-3-20-23(31)27-19-14-16(4-7-21(19)32-20)24(8-9-24)29-12-10-28(11-13-29)17-5-6-18(26-15-17)22(30)25-2/h4-7,14-15,20H,3,8-13H2,1-2H3,(H,25,30)(H,27,31). The maximum absolute atomic E-state index is 12.2. The van der Waals surface area contributed by atoms with Gasteiger partial charge in [0.2, 0.25) is 0 Å². The van der Waals surface area contributed by atoms with Crippen molar-refractivity contribution in [3.8, 4) is 5.75 Å². The number of rotatable bonds is 5. The fourth-order valence-electron chi connectivity index (χ4n) is 4.84. The van der Waals surface area contributed by atoms with Crippen LogP contribution in [0.15, 0.2) is 36.5 Å². The van der Waals surface area contributed by atoms with Gasteiger partial charge in [-0.15, -0.1) is 0 Å². The molecule has 5 rings (SSSR count). The van der Waals surface area contributed by atoms with Crippen LogP contribution in [0.2, 0.25) is 0 Å². The topological polar surface area (TPSA) is 86.8 Å². The Balaban J connectivity index is 1.27. The minimum absolute atomic E-state index is 0.0504. The van der Waals surface area contributed by atoms with Crippen LogP contribution in [-0.4, -0.2) is 61.0 Å². The number of carbonyl (C=O) groups is 2. The minimum atomic E-state index is -0.406. The van der Waals surface area contributed by atoms with E-state index in [1.165, 1.54) is 5.56 Å². The summed E-state index contributed by atoms with van der Waals surface area (Å²) in [7, 11) is 1.61. The fourth-order valence-corrected chi connectivity index (χ4v) is 4.84. The highest BCUT2D eigenvalue weighted by molar-refractivity contribution is 5.97.